The molecule has 0 radical (unpaired) electrons. The zero-order chi connectivity index (χ0) is 7.78. The first-order chi connectivity index (χ1) is 4.52. The molecule has 0 saturated heterocycles. The summed E-state index contributed by atoms with van der Waals surface area (Å²) in [5, 5.41) is 0. The van der Waals surface area contributed by atoms with Gasteiger partial charge in [0.25, 0.3) is 0 Å². The zero-order valence-corrected chi connectivity index (χ0v) is 10.0. The van der Waals surface area contributed by atoms with Gasteiger partial charge in [0.2, 0.25) is 0 Å². The van der Waals surface area contributed by atoms with E-state index < -0.39 is 17.0 Å². The summed E-state index contributed by atoms with van der Waals surface area (Å²) in [4.78, 5) is 0. The van der Waals surface area contributed by atoms with Crippen LogP contribution < -0.4 is 0 Å². The molecule has 0 aliphatic carbocycles. The predicted molar refractivity (Wildman–Crippen MR) is 42.1 cm³/mol. The van der Waals surface area contributed by atoms with Crippen molar-refractivity contribution in [2.24, 2.45) is 0 Å². The molecule has 1 rings (SSSR count). The molecule has 1 aromatic heterocycles. The van der Waals surface area contributed by atoms with Crippen molar-refractivity contribution < 1.29 is 17.0 Å². The molecular weight excluding hydrogens is 272 g/mol. The minimum absolute atomic E-state index is 1.02. The third-order valence-electron chi connectivity index (χ3n) is 1.23. The fourth-order valence-corrected chi connectivity index (χ4v) is 5.91. The predicted octanol–water partition coefficient (Wildman–Crippen LogP) is 3.17. The molecule has 1 heterocycles. The molecule has 0 atom stereocenters. The Bertz CT molecular complexity index is 227. The number of aromatic nitrogens is 1. The van der Waals surface area contributed by atoms with Crippen LogP contribution in [0.15, 0.2) is 18.3 Å². The van der Waals surface area contributed by atoms with Crippen LogP contribution in [-0.2, 0) is 17.0 Å². The second-order valence-corrected chi connectivity index (χ2v) is 18.6. The fraction of sp³-hybridized carbons (Fsp3) is 0.200. The van der Waals surface area contributed by atoms with Crippen LogP contribution in [0, 0.1) is 6.92 Å². The summed E-state index contributed by atoms with van der Waals surface area (Å²) in [6.07, 6.45) is 1.82. The number of aryl methyl sites for hydroxylation is 1. The summed E-state index contributed by atoms with van der Waals surface area (Å²) in [7, 11) is 17.4. The molecule has 0 aromatic carbocycles. The van der Waals surface area contributed by atoms with E-state index in [1.807, 2.05) is 25.3 Å². The van der Waals surface area contributed by atoms with Gasteiger partial charge in [-0.3, -0.25) is 0 Å². The van der Waals surface area contributed by atoms with Crippen LogP contribution in [0.4, 0.5) is 0 Å². The van der Waals surface area contributed by atoms with E-state index in [-0.39, 0.29) is 0 Å². The molecule has 0 N–H and O–H groups in total. The Labute approximate surface area is 75.3 Å². The first kappa shape index (κ1) is 9.12. The summed E-state index contributed by atoms with van der Waals surface area (Å²) in [5.74, 6) is 0. The van der Waals surface area contributed by atoms with Gasteiger partial charge in [0, 0.05) is 0 Å². The third kappa shape index (κ3) is 2.01. The van der Waals surface area contributed by atoms with Crippen LogP contribution >= 0.6 is 25.5 Å². The van der Waals surface area contributed by atoms with Gasteiger partial charge >= 0.3 is 76.0 Å². The van der Waals surface area contributed by atoms with Crippen molar-refractivity contribution in [3.05, 3.63) is 24.0 Å². The summed E-state index contributed by atoms with van der Waals surface area (Å²) in [5.41, 5.74) is 1.02. The monoisotopic (exact) mass is 275 g/mol. The topological polar surface area (TPSA) is 4.93 Å². The number of hydrogen-bond acceptors (Lipinski definition) is 0. The van der Waals surface area contributed by atoms with Gasteiger partial charge in [-0.1, -0.05) is 0 Å². The molecule has 0 saturated carbocycles. The number of rotatable bonds is 1. The number of nitrogens with zero attached hydrogens (tertiary/aromatic N) is 1. The normalized spacial score (nSPS) is 12.0. The number of halogens is 3. The molecule has 0 fully saturated rings. The Kier molecular flexibility index (Phi) is 2.91. The Morgan fingerprint density at radius 2 is 2.00 bits per heavy atom. The third-order valence-corrected chi connectivity index (χ3v) is 7.03. The van der Waals surface area contributed by atoms with Crippen LogP contribution in [0.2, 0.25) is 0 Å². The standard InChI is InChI=1S/C5H6N.3ClH.Zr/c1-5-3-2-4-6-5;;;;/h2-4H,1H3;3*1H;/q-1;;;;+4/p-3. The Balaban J connectivity index is 3.05. The van der Waals surface area contributed by atoms with Crippen LogP contribution in [0.5, 0.6) is 0 Å². The maximum absolute atomic E-state index is 5.81. The summed E-state index contributed by atoms with van der Waals surface area (Å²) < 4.78 is 1.78. The van der Waals surface area contributed by atoms with Gasteiger partial charge in [-0.2, -0.15) is 0 Å². The Morgan fingerprint density at radius 1 is 1.40 bits per heavy atom. The van der Waals surface area contributed by atoms with Crippen molar-refractivity contribution in [2.45, 2.75) is 6.92 Å². The molecule has 5 heteroatoms. The van der Waals surface area contributed by atoms with Crippen molar-refractivity contribution in [1.29, 1.82) is 0 Å². The summed E-state index contributed by atoms with van der Waals surface area (Å²) >= 11 is -3.38. The van der Waals surface area contributed by atoms with Crippen LogP contribution in [0.25, 0.3) is 0 Å². The van der Waals surface area contributed by atoms with Gasteiger partial charge in [-0.25, -0.2) is 0 Å². The molecule has 0 aliphatic heterocycles. The van der Waals surface area contributed by atoms with Crippen molar-refractivity contribution in [3.8, 4) is 0 Å². The molecule has 56 valence electrons. The second-order valence-electron chi connectivity index (χ2n) is 1.99. The van der Waals surface area contributed by atoms with Crippen molar-refractivity contribution in [2.75, 3.05) is 0 Å². The van der Waals surface area contributed by atoms with E-state index in [4.69, 9.17) is 25.5 Å². The van der Waals surface area contributed by atoms with E-state index in [0.29, 0.717) is 0 Å². The Hall–Kier alpha value is 1.03. The molecule has 0 amide bonds. The Morgan fingerprint density at radius 3 is 2.20 bits per heavy atom. The van der Waals surface area contributed by atoms with Gasteiger partial charge in [-0.05, 0) is 0 Å². The molecular formula is C5H6Cl3NZr. The van der Waals surface area contributed by atoms with Crippen molar-refractivity contribution in [1.82, 2.24) is 2.51 Å². The first-order valence-corrected chi connectivity index (χ1v) is 13.3. The molecule has 1 aromatic rings. The van der Waals surface area contributed by atoms with E-state index in [2.05, 4.69) is 0 Å². The van der Waals surface area contributed by atoms with E-state index in [1.165, 1.54) is 0 Å². The SMILES string of the molecule is Cc1ccc[n]1[Zr]([Cl])([Cl])[Cl]. The van der Waals surface area contributed by atoms with Crippen LogP contribution in [-0.4, -0.2) is 2.51 Å². The quantitative estimate of drug-likeness (QED) is 0.743. The van der Waals surface area contributed by atoms with E-state index in [1.54, 1.807) is 2.51 Å². The van der Waals surface area contributed by atoms with Gasteiger partial charge < -0.3 is 0 Å². The second kappa shape index (κ2) is 3.18. The van der Waals surface area contributed by atoms with E-state index in [9.17, 15) is 0 Å². The molecule has 1 nitrogen and oxygen atoms in total. The van der Waals surface area contributed by atoms with E-state index in [0.717, 1.165) is 5.69 Å². The van der Waals surface area contributed by atoms with E-state index >= 15 is 0 Å². The first-order valence-electron chi connectivity index (χ1n) is 2.73. The minimum atomic E-state index is -3.38. The van der Waals surface area contributed by atoms with Gasteiger partial charge in [0.05, 0.1) is 0 Å². The summed E-state index contributed by atoms with van der Waals surface area (Å²) in [6.45, 7) is 1.93. The molecule has 0 unspecified atom stereocenters. The van der Waals surface area contributed by atoms with Crippen LogP contribution in [0.1, 0.15) is 5.69 Å². The molecule has 0 aliphatic rings. The van der Waals surface area contributed by atoms with Gasteiger partial charge in [0.1, 0.15) is 0 Å². The maximum atomic E-state index is 5.81. The molecule has 0 bridgehead atoms. The van der Waals surface area contributed by atoms with Gasteiger partial charge in [-0.15, -0.1) is 0 Å². The average molecular weight is 278 g/mol. The average Bonchev–Trinajstić information content (AvgIpc) is 2.11. The van der Waals surface area contributed by atoms with Crippen molar-refractivity contribution in [3.63, 3.8) is 0 Å². The van der Waals surface area contributed by atoms with Crippen molar-refractivity contribution >= 4 is 25.5 Å². The summed E-state index contributed by atoms with van der Waals surface area (Å²) in [6, 6.07) is 3.81. The van der Waals surface area contributed by atoms with Crippen LogP contribution in [0.3, 0.4) is 0 Å². The molecule has 0 spiro atoms. The zero-order valence-electron chi connectivity index (χ0n) is 5.31. The molecule has 10 heavy (non-hydrogen) atoms. The fourth-order valence-electron chi connectivity index (χ4n) is 0.751. The number of hydrogen-bond donors (Lipinski definition) is 0. The van der Waals surface area contributed by atoms with Gasteiger partial charge in [0.15, 0.2) is 0 Å².